The molecule has 5 nitrogen and oxygen atoms in total. The molecule has 7 aromatic carbocycles. The summed E-state index contributed by atoms with van der Waals surface area (Å²) in [5.74, 6) is 1.56. The number of aromatic nitrogens is 2. The van der Waals surface area contributed by atoms with Crippen molar-refractivity contribution in [2.24, 2.45) is 9.98 Å². The van der Waals surface area contributed by atoms with Gasteiger partial charge in [-0.15, -0.1) is 11.3 Å². The molecular formula is C51H35N5S. The zero-order valence-electron chi connectivity index (χ0n) is 30.9. The average molecular weight is 750 g/mol. The van der Waals surface area contributed by atoms with Gasteiger partial charge >= 0.3 is 0 Å². The number of rotatable bonds is 5. The Morgan fingerprint density at radius 3 is 2.09 bits per heavy atom. The van der Waals surface area contributed by atoms with Crippen molar-refractivity contribution in [1.29, 1.82) is 0 Å². The van der Waals surface area contributed by atoms with Crippen LogP contribution < -0.4 is 5.32 Å². The maximum absolute atomic E-state index is 5.30. The number of fused-ring (bicyclic) bond motifs is 10. The Balaban J connectivity index is 1.19. The highest BCUT2D eigenvalue weighted by atomic mass is 32.1. The summed E-state index contributed by atoms with van der Waals surface area (Å²) in [7, 11) is 0. The molecule has 2 aliphatic rings. The van der Waals surface area contributed by atoms with Gasteiger partial charge in [0.25, 0.3) is 0 Å². The van der Waals surface area contributed by atoms with Gasteiger partial charge in [-0.3, -0.25) is 0 Å². The fourth-order valence-electron chi connectivity index (χ4n) is 9.08. The second kappa shape index (κ2) is 12.8. The van der Waals surface area contributed by atoms with Crippen LogP contribution in [0, 0.1) is 0 Å². The van der Waals surface area contributed by atoms with Crippen LogP contribution in [0.1, 0.15) is 24.0 Å². The summed E-state index contributed by atoms with van der Waals surface area (Å²) in [6.07, 6.45) is 8.58. The molecule has 4 heterocycles. The van der Waals surface area contributed by atoms with Crippen LogP contribution in [0.15, 0.2) is 192 Å². The molecule has 10 aromatic rings. The first-order valence-electron chi connectivity index (χ1n) is 19.6. The third kappa shape index (κ3) is 5.00. The van der Waals surface area contributed by atoms with Crippen LogP contribution in [-0.2, 0) is 0 Å². The van der Waals surface area contributed by atoms with E-state index >= 15 is 0 Å². The van der Waals surface area contributed by atoms with Gasteiger partial charge in [-0.25, -0.2) is 9.98 Å². The van der Waals surface area contributed by atoms with E-state index in [2.05, 4.69) is 184 Å². The minimum absolute atomic E-state index is 0.247. The quantitative estimate of drug-likeness (QED) is 0.187. The number of hydrogen-bond donors (Lipinski definition) is 1. The number of allylic oxidation sites excluding steroid dienone is 2. The van der Waals surface area contributed by atoms with Crippen molar-refractivity contribution < 1.29 is 0 Å². The van der Waals surface area contributed by atoms with Crippen LogP contribution in [0.25, 0.3) is 75.2 Å². The number of benzene rings is 7. The van der Waals surface area contributed by atoms with Gasteiger partial charge in [-0.1, -0.05) is 127 Å². The summed E-state index contributed by atoms with van der Waals surface area (Å²) in [5, 5.41) is 11.2. The average Bonchev–Trinajstić information content (AvgIpc) is 3.94. The van der Waals surface area contributed by atoms with Crippen LogP contribution in [0.4, 0.5) is 0 Å². The first-order chi connectivity index (χ1) is 28.3. The maximum atomic E-state index is 5.30. The monoisotopic (exact) mass is 749 g/mol. The number of nitrogens with one attached hydrogen (secondary N) is 1. The minimum atomic E-state index is -0.247. The second-order valence-electron chi connectivity index (χ2n) is 14.9. The van der Waals surface area contributed by atoms with Gasteiger partial charge in [0.2, 0.25) is 0 Å². The van der Waals surface area contributed by atoms with Gasteiger partial charge in [0.05, 0.1) is 27.8 Å². The van der Waals surface area contributed by atoms with Gasteiger partial charge in [-0.05, 0) is 66.9 Å². The first-order valence-corrected chi connectivity index (χ1v) is 20.4. The molecule has 0 amide bonds. The highest BCUT2D eigenvalue weighted by Gasteiger charge is 2.26. The molecule has 12 rings (SSSR count). The molecular weight excluding hydrogens is 715 g/mol. The summed E-state index contributed by atoms with van der Waals surface area (Å²) in [4.78, 5) is 10.5. The molecule has 0 spiro atoms. The van der Waals surface area contributed by atoms with Crippen molar-refractivity contribution in [3.63, 3.8) is 0 Å². The molecule has 0 saturated carbocycles. The Morgan fingerprint density at radius 1 is 0.561 bits per heavy atom. The van der Waals surface area contributed by atoms with E-state index in [1.807, 2.05) is 17.4 Å². The molecule has 6 heteroatoms. The van der Waals surface area contributed by atoms with Gasteiger partial charge < -0.3 is 14.5 Å². The smallest absolute Gasteiger partial charge is 0.159 e. The second-order valence-corrected chi connectivity index (χ2v) is 16.0. The Hall–Kier alpha value is -7.02. The van der Waals surface area contributed by atoms with Crippen LogP contribution in [0.2, 0.25) is 0 Å². The SMILES string of the molecule is C1=CC(C2N=C(c3ccccc3)N=C(c3cc(-n4c5ccccc5c5ccc6c(c7ccccc7n6-c6ccccc6)c54)c4c(c3)sc3ccccc34)N2)=CCC1. The van der Waals surface area contributed by atoms with Crippen molar-refractivity contribution in [3.05, 3.63) is 193 Å². The molecule has 1 unspecified atom stereocenters. The molecule has 0 bridgehead atoms. The van der Waals surface area contributed by atoms with Crippen LogP contribution in [-0.4, -0.2) is 27.0 Å². The number of para-hydroxylation sites is 3. The van der Waals surface area contributed by atoms with Gasteiger partial charge in [0, 0.05) is 58.5 Å². The molecule has 3 aromatic heterocycles. The standard InChI is InChI=1S/C51H35N5S/c1-4-16-32(17-5-1)49-52-50(33-18-6-2-7-19-33)54-51(53-49)34-30-43(46-39-24-12-15-27-44(39)57-45(46)31-34)56-40-25-13-10-22-36(40)37-28-29-42-47(48(37)56)38-23-11-14-26-41(38)55(42)35-20-8-3-9-21-35/h1,3-6,8-31,50H,2,7H2,(H,52,53,54). The van der Waals surface area contributed by atoms with E-state index < -0.39 is 0 Å². The number of hydrogen-bond acceptors (Lipinski definition) is 4. The number of aliphatic imine (C=N–C) groups is 2. The van der Waals surface area contributed by atoms with Crippen molar-refractivity contribution in [2.75, 3.05) is 0 Å². The highest BCUT2D eigenvalue weighted by molar-refractivity contribution is 7.26. The largest absolute Gasteiger partial charge is 0.344 e. The minimum Gasteiger partial charge on any atom is -0.344 e. The lowest BCUT2D eigenvalue weighted by atomic mass is 10.0. The van der Waals surface area contributed by atoms with Crippen LogP contribution >= 0.6 is 11.3 Å². The van der Waals surface area contributed by atoms with Crippen LogP contribution in [0.5, 0.6) is 0 Å². The maximum Gasteiger partial charge on any atom is 0.159 e. The number of amidine groups is 2. The molecule has 1 N–H and O–H groups in total. The van der Waals surface area contributed by atoms with E-state index in [0.717, 1.165) is 47.0 Å². The molecule has 270 valence electrons. The topological polar surface area (TPSA) is 46.6 Å². The third-order valence-corrected chi connectivity index (χ3v) is 12.7. The molecule has 0 radical (unpaired) electrons. The van der Waals surface area contributed by atoms with E-state index in [9.17, 15) is 0 Å². The fourth-order valence-corrected chi connectivity index (χ4v) is 10.2. The Morgan fingerprint density at radius 2 is 1.28 bits per heavy atom. The van der Waals surface area contributed by atoms with E-state index in [-0.39, 0.29) is 6.17 Å². The number of thiophene rings is 1. The van der Waals surface area contributed by atoms with Crippen molar-refractivity contribution in [3.8, 4) is 11.4 Å². The summed E-state index contributed by atoms with van der Waals surface area (Å²) in [5.41, 5.74) is 10.2. The normalized spacial score (nSPS) is 15.8. The summed E-state index contributed by atoms with van der Waals surface area (Å²) < 4.78 is 7.44. The van der Waals surface area contributed by atoms with Crippen LogP contribution in [0.3, 0.4) is 0 Å². The Kier molecular flexibility index (Phi) is 7.22. The molecule has 0 saturated heterocycles. The molecule has 57 heavy (non-hydrogen) atoms. The summed E-state index contributed by atoms with van der Waals surface area (Å²) in [6, 6.07) is 57.0. The molecule has 1 atom stereocenters. The lowest BCUT2D eigenvalue weighted by molar-refractivity contribution is 0.721. The highest BCUT2D eigenvalue weighted by Crippen LogP contribution is 2.45. The first kappa shape index (κ1) is 32.2. The summed E-state index contributed by atoms with van der Waals surface area (Å²) >= 11 is 1.84. The predicted octanol–water partition coefficient (Wildman–Crippen LogP) is 12.6. The Labute approximate surface area is 332 Å². The lowest BCUT2D eigenvalue weighted by Crippen LogP contribution is -2.40. The van der Waals surface area contributed by atoms with E-state index in [0.29, 0.717) is 0 Å². The van der Waals surface area contributed by atoms with Crippen molar-refractivity contribution >= 4 is 86.8 Å². The number of nitrogens with zero attached hydrogens (tertiary/aromatic N) is 4. The lowest BCUT2D eigenvalue weighted by Gasteiger charge is -2.25. The molecule has 1 aliphatic carbocycles. The van der Waals surface area contributed by atoms with Gasteiger partial charge in [0.1, 0.15) is 12.0 Å². The summed E-state index contributed by atoms with van der Waals surface area (Å²) in [6.45, 7) is 0. The van der Waals surface area contributed by atoms with E-state index in [4.69, 9.17) is 9.98 Å². The predicted molar refractivity (Wildman–Crippen MR) is 241 cm³/mol. The van der Waals surface area contributed by atoms with E-state index in [1.54, 1.807) is 0 Å². The van der Waals surface area contributed by atoms with E-state index in [1.165, 1.54) is 69.4 Å². The fraction of sp³-hybridized carbons (Fsp3) is 0.0588. The van der Waals surface area contributed by atoms with Gasteiger partial charge in [0.15, 0.2) is 5.84 Å². The third-order valence-electron chi connectivity index (χ3n) is 11.6. The van der Waals surface area contributed by atoms with Crippen molar-refractivity contribution in [1.82, 2.24) is 14.5 Å². The molecule has 1 aliphatic heterocycles. The zero-order chi connectivity index (χ0) is 37.5. The zero-order valence-corrected chi connectivity index (χ0v) is 31.7. The molecule has 0 fully saturated rings. The van der Waals surface area contributed by atoms with Gasteiger partial charge in [-0.2, -0.15) is 0 Å². The van der Waals surface area contributed by atoms with Crippen molar-refractivity contribution in [2.45, 2.75) is 19.0 Å². The Bertz CT molecular complexity index is 3380.